The first-order valence-corrected chi connectivity index (χ1v) is 5.47. The minimum atomic E-state index is 0.991. The van der Waals surface area contributed by atoms with Gasteiger partial charge in [-0.25, -0.2) is 0 Å². The van der Waals surface area contributed by atoms with E-state index >= 15 is 0 Å². The highest BCUT2D eigenvalue weighted by Crippen LogP contribution is 2.21. The molecule has 0 fully saturated rings. The minimum absolute atomic E-state index is 0.991. The van der Waals surface area contributed by atoms with Crippen LogP contribution in [-0.2, 0) is 0 Å². The van der Waals surface area contributed by atoms with Gasteiger partial charge >= 0.3 is 0 Å². The summed E-state index contributed by atoms with van der Waals surface area (Å²) in [5.41, 5.74) is 5.32. The molecular weight excluding hydrogens is 170 g/mol. The summed E-state index contributed by atoms with van der Waals surface area (Å²) in [6.07, 6.45) is 0. The Morgan fingerprint density at radius 2 is 1.43 bits per heavy atom. The molecule has 0 unspecified atom stereocenters. The second-order valence-corrected chi connectivity index (χ2v) is 3.30. The van der Waals surface area contributed by atoms with Crippen LogP contribution in [0.2, 0.25) is 0 Å². The largest absolute Gasteiger partial charge is 0.385 e. The SMILES string of the molecule is CC.CCNc1c(C)cc(C)cc1C. The van der Waals surface area contributed by atoms with Gasteiger partial charge < -0.3 is 5.32 Å². The van der Waals surface area contributed by atoms with Gasteiger partial charge in [0.2, 0.25) is 0 Å². The molecule has 0 aromatic heterocycles. The second kappa shape index (κ2) is 6.47. The Kier molecular flexibility index (Phi) is 6.02. The predicted octanol–water partition coefficient (Wildman–Crippen LogP) is 4.07. The van der Waals surface area contributed by atoms with Gasteiger partial charge in [-0.2, -0.15) is 0 Å². The molecule has 1 aromatic carbocycles. The van der Waals surface area contributed by atoms with Crippen LogP contribution in [0.25, 0.3) is 0 Å². The molecule has 0 atom stereocenters. The molecule has 80 valence electrons. The van der Waals surface area contributed by atoms with Crippen molar-refractivity contribution in [3.63, 3.8) is 0 Å². The zero-order valence-corrected chi connectivity index (χ0v) is 10.4. The topological polar surface area (TPSA) is 12.0 Å². The van der Waals surface area contributed by atoms with Crippen LogP contribution in [0.4, 0.5) is 5.69 Å². The first-order valence-electron chi connectivity index (χ1n) is 5.47. The number of nitrogens with one attached hydrogen (secondary N) is 1. The van der Waals surface area contributed by atoms with E-state index < -0.39 is 0 Å². The van der Waals surface area contributed by atoms with Gasteiger partial charge in [0.15, 0.2) is 0 Å². The van der Waals surface area contributed by atoms with E-state index in [9.17, 15) is 0 Å². The van der Waals surface area contributed by atoms with Crippen molar-refractivity contribution in [1.29, 1.82) is 0 Å². The molecule has 0 saturated carbocycles. The van der Waals surface area contributed by atoms with Gasteiger partial charge in [-0.15, -0.1) is 0 Å². The molecule has 0 bridgehead atoms. The van der Waals surface area contributed by atoms with Crippen LogP contribution >= 0.6 is 0 Å². The minimum Gasteiger partial charge on any atom is -0.385 e. The van der Waals surface area contributed by atoms with Crippen LogP contribution in [-0.4, -0.2) is 6.54 Å². The van der Waals surface area contributed by atoms with E-state index in [0.717, 1.165) is 6.54 Å². The maximum atomic E-state index is 3.37. The number of aryl methyl sites for hydroxylation is 3. The number of rotatable bonds is 2. The van der Waals surface area contributed by atoms with Crippen LogP contribution in [0.3, 0.4) is 0 Å². The van der Waals surface area contributed by atoms with E-state index in [1.54, 1.807) is 0 Å². The van der Waals surface area contributed by atoms with E-state index in [1.165, 1.54) is 22.4 Å². The highest BCUT2D eigenvalue weighted by Gasteiger charge is 2.00. The summed E-state index contributed by atoms with van der Waals surface area (Å²) in [4.78, 5) is 0. The fourth-order valence-corrected chi connectivity index (χ4v) is 1.64. The maximum Gasteiger partial charge on any atom is 0.0399 e. The summed E-state index contributed by atoms with van der Waals surface area (Å²) in [7, 11) is 0. The number of hydrogen-bond acceptors (Lipinski definition) is 1. The molecule has 14 heavy (non-hydrogen) atoms. The van der Waals surface area contributed by atoms with Crippen molar-refractivity contribution in [2.24, 2.45) is 0 Å². The molecule has 1 heteroatoms. The highest BCUT2D eigenvalue weighted by atomic mass is 14.9. The lowest BCUT2D eigenvalue weighted by Gasteiger charge is -2.11. The van der Waals surface area contributed by atoms with E-state index in [-0.39, 0.29) is 0 Å². The molecule has 0 amide bonds. The zero-order chi connectivity index (χ0) is 11.1. The third kappa shape index (κ3) is 3.41. The Morgan fingerprint density at radius 1 is 1.00 bits per heavy atom. The Morgan fingerprint density at radius 3 is 1.79 bits per heavy atom. The van der Waals surface area contributed by atoms with E-state index in [1.807, 2.05) is 13.8 Å². The molecule has 0 aliphatic carbocycles. The van der Waals surface area contributed by atoms with E-state index in [0.29, 0.717) is 0 Å². The van der Waals surface area contributed by atoms with Crippen molar-refractivity contribution in [2.75, 3.05) is 11.9 Å². The molecular formula is C13H23N. The third-order valence-electron chi connectivity index (χ3n) is 2.03. The predicted molar refractivity (Wildman–Crippen MR) is 66.2 cm³/mol. The Labute approximate surface area is 88.5 Å². The summed E-state index contributed by atoms with van der Waals surface area (Å²) in [5, 5.41) is 3.37. The van der Waals surface area contributed by atoms with Gasteiger partial charge in [0.25, 0.3) is 0 Å². The Bertz CT molecular complexity index is 254. The fraction of sp³-hybridized carbons (Fsp3) is 0.538. The summed E-state index contributed by atoms with van der Waals surface area (Å²) in [6.45, 7) is 13.6. The van der Waals surface area contributed by atoms with Crippen molar-refractivity contribution < 1.29 is 0 Å². The van der Waals surface area contributed by atoms with E-state index in [2.05, 4.69) is 45.1 Å². The van der Waals surface area contributed by atoms with Gasteiger partial charge in [-0.3, -0.25) is 0 Å². The molecule has 0 aliphatic heterocycles. The van der Waals surface area contributed by atoms with Gasteiger partial charge in [-0.1, -0.05) is 31.5 Å². The molecule has 0 radical (unpaired) electrons. The molecule has 0 aliphatic rings. The van der Waals surface area contributed by atoms with Gasteiger partial charge in [0.1, 0.15) is 0 Å². The number of anilines is 1. The van der Waals surface area contributed by atoms with Gasteiger partial charge in [0, 0.05) is 12.2 Å². The van der Waals surface area contributed by atoms with E-state index in [4.69, 9.17) is 0 Å². The zero-order valence-electron chi connectivity index (χ0n) is 10.4. The standard InChI is InChI=1S/C11H17N.C2H6/c1-5-12-11-9(3)6-8(2)7-10(11)4;1-2/h6-7,12H,5H2,1-4H3;1-2H3. The molecule has 0 saturated heterocycles. The first-order chi connectivity index (χ1) is 6.65. The lowest BCUT2D eigenvalue weighted by molar-refractivity contribution is 1.18. The van der Waals surface area contributed by atoms with Crippen molar-refractivity contribution >= 4 is 5.69 Å². The van der Waals surface area contributed by atoms with Crippen LogP contribution in [0.1, 0.15) is 37.5 Å². The van der Waals surface area contributed by atoms with Crippen molar-refractivity contribution in [1.82, 2.24) is 0 Å². The van der Waals surface area contributed by atoms with Crippen molar-refractivity contribution in [3.8, 4) is 0 Å². The molecule has 0 spiro atoms. The summed E-state index contributed by atoms with van der Waals surface area (Å²) >= 11 is 0. The summed E-state index contributed by atoms with van der Waals surface area (Å²) in [5.74, 6) is 0. The second-order valence-electron chi connectivity index (χ2n) is 3.30. The maximum absolute atomic E-state index is 3.37. The third-order valence-corrected chi connectivity index (χ3v) is 2.03. The molecule has 1 rings (SSSR count). The summed E-state index contributed by atoms with van der Waals surface area (Å²) < 4.78 is 0. The monoisotopic (exact) mass is 193 g/mol. The van der Waals surface area contributed by atoms with Crippen LogP contribution in [0.5, 0.6) is 0 Å². The van der Waals surface area contributed by atoms with Crippen molar-refractivity contribution in [2.45, 2.75) is 41.5 Å². The molecule has 0 heterocycles. The van der Waals surface area contributed by atoms with Gasteiger partial charge in [-0.05, 0) is 38.8 Å². The quantitative estimate of drug-likeness (QED) is 0.746. The summed E-state index contributed by atoms with van der Waals surface area (Å²) in [6, 6.07) is 4.43. The Hall–Kier alpha value is -0.980. The first kappa shape index (κ1) is 13.0. The lowest BCUT2D eigenvalue weighted by atomic mass is 10.1. The normalized spacial score (nSPS) is 9.00. The van der Waals surface area contributed by atoms with Crippen LogP contribution < -0.4 is 5.32 Å². The highest BCUT2D eigenvalue weighted by molar-refractivity contribution is 5.57. The smallest absolute Gasteiger partial charge is 0.0399 e. The van der Waals surface area contributed by atoms with Crippen LogP contribution in [0.15, 0.2) is 12.1 Å². The average molecular weight is 193 g/mol. The van der Waals surface area contributed by atoms with Gasteiger partial charge in [0.05, 0.1) is 0 Å². The van der Waals surface area contributed by atoms with Crippen LogP contribution in [0, 0.1) is 20.8 Å². The molecule has 1 N–H and O–H groups in total. The number of hydrogen-bond donors (Lipinski definition) is 1. The Balaban J connectivity index is 0.000000791. The average Bonchev–Trinajstić information content (AvgIpc) is 2.14. The number of benzene rings is 1. The molecule has 1 aromatic rings. The van der Waals surface area contributed by atoms with Crippen molar-refractivity contribution in [3.05, 3.63) is 28.8 Å². The fourth-order valence-electron chi connectivity index (χ4n) is 1.64. The lowest BCUT2D eigenvalue weighted by Crippen LogP contribution is -2.01. The molecule has 1 nitrogen and oxygen atoms in total.